The van der Waals surface area contributed by atoms with Crippen LogP contribution in [0, 0.1) is 5.92 Å². The zero-order valence-electron chi connectivity index (χ0n) is 29.1. The quantitative estimate of drug-likeness (QED) is 0.304. The molecule has 15 heteroatoms. The number of fused-ring (bicyclic) bond motifs is 3. The van der Waals surface area contributed by atoms with E-state index in [1.54, 1.807) is 12.0 Å². The molecule has 1 saturated heterocycles. The first-order valence-corrected chi connectivity index (χ1v) is 19.4. The van der Waals surface area contributed by atoms with Crippen LogP contribution in [0.2, 0.25) is 0 Å². The Morgan fingerprint density at radius 2 is 1.96 bits per heavy atom. The molecule has 268 valence electrons. The van der Waals surface area contributed by atoms with E-state index in [9.17, 15) is 22.8 Å². The highest BCUT2D eigenvalue weighted by atomic mass is 32.2. The highest BCUT2D eigenvalue weighted by Gasteiger charge is 2.61. The lowest BCUT2D eigenvalue weighted by molar-refractivity contribution is -0.131. The van der Waals surface area contributed by atoms with Crippen LogP contribution >= 0.6 is 11.3 Å². The number of pyridine rings is 1. The Labute approximate surface area is 297 Å². The molecule has 13 nitrogen and oxygen atoms in total. The van der Waals surface area contributed by atoms with Gasteiger partial charge in [0, 0.05) is 55.9 Å². The third kappa shape index (κ3) is 7.21. The van der Waals surface area contributed by atoms with Gasteiger partial charge in [0.2, 0.25) is 5.91 Å². The van der Waals surface area contributed by atoms with Crippen molar-refractivity contribution in [2.75, 3.05) is 34.3 Å². The monoisotopic (exact) mass is 723 g/mol. The third-order valence-corrected chi connectivity index (χ3v) is 12.1. The molecule has 0 radical (unpaired) electrons. The summed E-state index contributed by atoms with van der Waals surface area (Å²) in [6.07, 6.45) is 7.77. The number of aromatic nitrogens is 2. The van der Waals surface area contributed by atoms with Crippen LogP contribution in [0.1, 0.15) is 75.5 Å². The minimum absolute atomic E-state index is 0.249. The van der Waals surface area contributed by atoms with Gasteiger partial charge in [-0.3, -0.25) is 9.59 Å². The van der Waals surface area contributed by atoms with Crippen LogP contribution in [0.3, 0.4) is 0 Å². The lowest BCUT2D eigenvalue weighted by atomic mass is 9.92. The zero-order chi connectivity index (χ0) is 35.8. The summed E-state index contributed by atoms with van der Waals surface area (Å²) in [6.45, 7) is 4.90. The minimum Gasteiger partial charge on any atom is -0.497 e. The highest BCUT2D eigenvalue weighted by molar-refractivity contribution is 7.87. The minimum atomic E-state index is -4.10. The summed E-state index contributed by atoms with van der Waals surface area (Å²) in [7, 11) is 0.144. The van der Waals surface area contributed by atoms with Gasteiger partial charge in [0.15, 0.2) is 0 Å². The smallest absolute Gasteiger partial charge is 0.318 e. The first kappa shape index (κ1) is 35.7. The molecule has 4 amide bonds. The molecule has 2 aliphatic heterocycles. The fourth-order valence-corrected chi connectivity index (χ4v) is 8.26. The Kier molecular flexibility index (Phi) is 10.2. The van der Waals surface area contributed by atoms with Gasteiger partial charge in [-0.25, -0.2) is 19.5 Å². The summed E-state index contributed by atoms with van der Waals surface area (Å²) in [5, 5.41) is 9.61. The molecular weight excluding hydrogens is 679 g/mol. The van der Waals surface area contributed by atoms with E-state index < -0.39 is 33.6 Å². The lowest BCUT2D eigenvalue weighted by Crippen LogP contribution is -2.58. The molecule has 0 bridgehead atoms. The molecule has 1 aromatic carbocycles. The van der Waals surface area contributed by atoms with E-state index in [4.69, 9.17) is 14.7 Å². The maximum Gasteiger partial charge on any atom is 0.318 e. The molecule has 3 N–H and O–H groups in total. The largest absolute Gasteiger partial charge is 0.497 e. The number of amides is 4. The number of benzene rings is 1. The summed E-state index contributed by atoms with van der Waals surface area (Å²) in [6, 6.07) is 6.42. The average molecular weight is 724 g/mol. The second kappa shape index (κ2) is 14.3. The summed E-state index contributed by atoms with van der Waals surface area (Å²) in [5.74, 6) is -1.04. The fraction of sp³-hybridized carbons (Fsp3) is 0.514. The summed E-state index contributed by atoms with van der Waals surface area (Å²) < 4.78 is 33.9. The van der Waals surface area contributed by atoms with Gasteiger partial charge in [-0.15, -0.1) is 11.3 Å². The number of carbonyl (C=O) groups is 3. The van der Waals surface area contributed by atoms with Crippen LogP contribution < -0.4 is 20.1 Å². The number of nitrogens with one attached hydrogen (secondary N) is 3. The first-order valence-electron chi connectivity index (χ1n) is 17.0. The predicted molar refractivity (Wildman–Crippen MR) is 192 cm³/mol. The number of methoxy groups -OCH3 is 1. The van der Waals surface area contributed by atoms with Crippen molar-refractivity contribution < 1.29 is 27.5 Å². The average Bonchev–Trinajstić information content (AvgIpc) is 3.40. The topological polar surface area (TPSA) is 163 Å². The van der Waals surface area contributed by atoms with E-state index >= 15 is 0 Å². The van der Waals surface area contributed by atoms with Gasteiger partial charge in [-0.2, -0.15) is 12.7 Å². The van der Waals surface area contributed by atoms with Crippen molar-refractivity contribution >= 4 is 50.3 Å². The normalized spacial score (nSPS) is 25.3. The highest BCUT2D eigenvalue weighted by Crippen LogP contribution is 2.46. The molecule has 2 aromatic heterocycles. The summed E-state index contributed by atoms with van der Waals surface area (Å²) >= 11 is 1.52. The first-order chi connectivity index (χ1) is 23.8. The molecule has 1 aliphatic carbocycles. The lowest BCUT2D eigenvalue weighted by Gasteiger charge is -2.27. The maximum absolute atomic E-state index is 14.3. The number of allylic oxidation sites excluding steroid dienone is 1. The zero-order valence-corrected chi connectivity index (χ0v) is 30.7. The van der Waals surface area contributed by atoms with Gasteiger partial charge >= 0.3 is 16.2 Å². The molecule has 2 fully saturated rings. The fourth-order valence-electron chi connectivity index (χ4n) is 6.72. The number of carbonyl (C=O) groups excluding carboxylic acids is 3. The molecule has 1 saturated carbocycles. The van der Waals surface area contributed by atoms with Crippen molar-refractivity contribution in [2.24, 2.45) is 5.92 Å². The number of nitrogens with zero attached hydrogens (tertiary/aromatic N) is 4. The second-order valence-corrected chi connectivity index (χ2v) is 16.6. The molecule has 4 atom stereocenters. The van der Waals surface area contributed by atoms with Crippen LogP contribution in [-0.2, 0) is 19.8 Å². The molecular formula is C35H45N7O6S2. The van der Waals surface area contributed by atoms with Gasteiger partial charge in [0.05, 0.1) is 24.0 Å². The molecule has 4 heterocycles. The van der Waals surface area contributed by atoms with Crippen molar-refractivity contribution in [1.82, 2.24) is 34.5 Å². The molecule has 3 aliphatic rings. The number of hydrogen-bond donors (Lipinski definition) is 3. The Bertz CT molecular complexity index is 1930. The van der Waals surface area contributed by atoms with E-state index in [-0.39, 0.29) is 43.2 Å². The van der Waals surface area contributed by atoms with E-state index in [1.165, 1.54) is 25.4 Å². The van der Waals surface area contributed by atoms with Gasteiger partial charge in [0.1, 0.15) is 22.3 Å². The second-order valence-electron chi connectivity index (χ2n) is 13.8. The molecule has 4 unspecified atom stereocenters. The van der Waals surface area contributed by atoms with Crippen LogP contribution in [0.25, 0.3) is 21.6 Å². The Morgan fingerprint density at radius 1 is 1.16 bits per heavy atom. The van der Waals surface area contributed by atoms with Crippen LogP contribution in [0.5, 0.6) is 5.75 Å². The number of ether oxygens (including phenoxy) is 1. The summed E-state index contributed by atoms with van der Waals surface area (Å²) in [5.41, 5.74) is 1.85. The molecule has 50 heavy (non-hydrogen) atoms. The number of hydrogen-bond acceptors (Lipinski definition) is 9. The molecule has 0 spiro atoms. The van der Waals surface area contributed by atoms with Gasteiger partial charge in [-0.05, 0) is 61.8 Å². The van der Waals surface area contributed by atoms with Gasteiger partial charge < -0.3 is 20.3 Å². The number of rotatable bonds is 7. The van der Waals surface area contributed by atoms with E-state index in [2.05, 4.69) is 29.2 Å². The SMILES string of the molecule is COc1ccc2c(C3CC4C(=O)NC5(C(=O)NS(=O)(=O)N(C)C)CC5/C=C\CCCCCNC(=O)N4C3)cc(-c3nc(C(C)C)cs3)nc2c1. The molecule has 6 rings (SSSR count). The molecule has 3 aromatic rings. The van der Waals surface area contributed by atoms with E-state index in [0.717, 1.165) is 51.6 Å². The maximum atomic E-state index is 14.3. The van der Waals surface area contributed by atoms with Crippen molar-refractivity contribution in [3.05, 3.63) is 53.1 Å². The third-order valence-electron chi connectivity index (χ3n) is 9.85. The van der Waals surface area contributed by atoms with Crippen molar-refractivity contribution in [3.63, 3.8) is 0 Å². The van der Waals surface area contributed by atoms with Gasteiger partial charge in [0.25, 0.3) is 5.91 Å². The van der Waals surface area contributed by atoms with Crippen molar-refractivity contribution in [3.8, 4) is 16.5 Å². The predicted octanol–water partition coefficient (Wildman–Crippen LogP) is 4.29. The van der Waals surface area contributed by atoms with E-state index in [0.29, 0.717) is 23.5 Å². The van der Waals surface area contributed by atoms with Crippen molar-refractivity contribution in [2.45, 2.75) is 75.8 Å². The van der Waals surface area contributed by atoms with Crippen molar-refractivity contribution in [1.29, 1.82) is 0 Å². The Hall–Kier alpha value is -4.08. The van der Waals surface area contributed by atoms with E-state index in [1.807, 2.05) is 41.8 Å². The van der Waals surface area contributed by atoms with Crippen LogP contribution in [-0.4, -0.2) is 91.3 Å². The standard InChI is InChI=1S/C35H45N7O6S2/c1-21(2)29-20-49-32(38-29)28-17-26(25-13-12-24(48-5)16-27(25)37-28)22-15-30-31(43)39-35(33(44)40-50(46,47)41(3)4)18-23(35)11-9-7-6-8-10-14-36-34(45)42(30)19-22/h9,11-13,16-17,20-23,30H,6-8,10,14-15,18-19H2,1-5H3,(H,36,45)(H,39,43)(H,40,44)/b11-9-. The number of thiazole rings is 1. The number of urea groups is 1. The Balaban J connectivity index is 1.37. The Morgan fingerprint density at radius 3 is 2.68 bits per heavy atom. The van der Waals surface area contributed by atoms with Crippen LogP contribution in [0.15, 0.2) is 41.8 Å². The van der Waals surface area contributed by atoms with Crippen LogP contribution in [0.4, 0.5) is 4.79 Å². The van der Waals surface area contributed by atoms with Gasteiger partial charge in [-0.1, -0.05) is 32.4 Å². The summed E-state index contributed by atoms with van der Waals surface area (Å²) in [4.78, 5) is 53.0.